The van der Waals surface area contributed by atoms with Gasteiger partial charge in [0.25, 0.3) is 5.91 Å². The number of nitrogens with zero attached hydrogens (tertiary/aromatic N) is 1. The molecular formula is C21H24FN3O3. The molecule has 6 nitrogen and oxygen atoms in total. The number of likely N-dealkylation sites (tertiary alicyclic amines) is 1. The van der Waals surface area contributed by atoms with Crippen molar-refractivity contribution in [3.63, 3.8) is 0 Å². The molecule has 148 valence electrons. The Balaban J connectivity index is 1.81. The van der Waals surface area contributed by atoms with Crippen molar-refractivity contribution in [2.75, 3.05) is 26.0 Å². The van der Waals surface area contributed by atoms with E-state index in [0.29, 0.717) is 12.2 Å². The highest BCUT2D eigenvalue weighted by Crippen LogP contribution is 2.33. The van der Waals surface area contributed by atoms with E-state index in [4.69, 9.17) is 4.74 Å². The molecule has 1 saturated heterocycles. The third-order valence-electron chi connectivity index (χ3n) is 4.93. The zero-order valence-corrected chi connectivity index (χ0v) is 16.0. The van der Waals surface area contributed by atoms with Crippen molar-refractivity contribution in [2.45, 2.75) is 25.3 Å². The van der Waals surface area contributed by atoms with Crippen molar-refractivity contribution in [3.8, 4) is 5.75 Å². The van der Waals surface area contributed by atoms with Gasteiger partial charge >= 0.3 is 6.03 Å². The summed E-state index contributed by atoms with van der Waals surface area (Å²) in [4.78, 5) is 26.5. The van der Waals surface area contributed by atoms with Crippen LogP contribution in [0.25, 0.3) is 0 Å². The molecule has 0 spiro atoms. The number of nitrogens with one attached hydrogen (secondary N) is 2. The van der Waals surface area contributed by atoms with E-state index >= 15 is 0 Å². The maximum atomic E-state index is 13.9. The number of methoxy groups -OCH3 is 1. The zero-order chi connectivity index (χ0) is 20.1. The lowest BCUT2D eigenvalue weighted by atomic mass is 9.95. The fourth-order valence-corrected chi connectivity index (χ4v) is 3.48. The predicted molar refractivity (Wildman–Crippen MR) is 105 cm³/mol. The number of anilines is 1. The third kappa shape index (κ3) is 4.24. The van der Waals surface area contributed by atoms with Gasteiger partial charge in [-0.3, -0.25) is 4.79 Å². The number of rotatable bonds is 4. The van der Waals surface area contributed by atoms with Gasteiger partial charge in [0.1, 0.15) is 11.6 Å². The van der Waals surface area contributed by atoms with E-state index < -0.39 is 11.7 Å². The lowest BCUT2D eigenvalue weighted by Gasteiger charge is -2.36. The summed E-state index contributed by atoms with van der Waals surface area (Å²) in [6, 6.07) is 11.3. The fraction of sp³-hybridized carbons (Fsp3) is 0.333. The quantitative estimate of drug-likeness (QED) is 0.837. The number of ether oxygens (including phenoxy) is 1. The van der Waals surface area contributed by atoms with Gasteiger partial charge in [0.05, 0.1) is 18.7 Å². The number of urea groups is 1. The van der Waals surface area contributed by atoms with Crippen molar-refractivity contribution < 1.29 is 18.7 Å². The van der Waals surface area contributed by atoms with E-state index in [0.717, 1.165) is 30.6 Å². The van der Waals surface area contributed by atoms with Crippen molar-refractivity contribution >= 4 is 17.6 Å². The molecule has 2 N–H and O–H groups in total. The minimum atomic E-state index is -0.635. The van der Waals surface area contributed by atoms with Gasteiger partial charge < -0.3 is 20.3 Å². The van der Waals surface area contributed by atoms with Crippen molar-refractivity contribution in [2.24, 2.45) is 0 Å². The number of halogens is 1. The molecular weight excluding hydrogens is 361 g/mol. The van der Waals surface area contributed by atoms with Crippen LogP contribution in [-0.4, -0.2) is 37.5 Å². The number of hydrogen-bond acceptors (Lipinski definition) is 3. The number of benzene rings is 2. The van der Waals surface area contributed by atoms with Crippen molar-refractivity contribution in [1.29, 1.82) is 0 Å². The lowest BCUT2D eigenvalue weighted by Crippen LogP contribution is -2.41. The molecule has 1 aliphatic heterocycles. The standard InChI is InChI=1S/C21H24FN3O3/c1-23-20(26)17-13-15(9-10-18(17)22)24-21(27)25-11-4-3-8-19(25)14-6-5-7-16(12-14)28-2/h5-7,9-10,12-13,19H,3-4,8,11H2,1-2H3,(H,23,26)(H,24,27)/t19-/m1/s1. The zero-order valence-electron chi connectivity index (χ0n) is 16.0. The number of piperidine rings is 1. The fourth-order valence-electron chi connectivity index (χ4n) is 3.48. The molecule has 0 unspecified atom stereocenters. The van der Waals surface area contributed by atoms with Crippen LogP contribution in [0.15, 0.2) is 42.5 Å². The van der Waals surface area contributed by atoms with Crippen LogP contribution in [0.2, 0.25) is 0 Å². The van der Waals surface area contributed by atoms with Crippen LogP contribution in [-0.2, 0) is 0 Å². The molecule has 28 heavy (non-hydrogen) atoms. The van der Waals surface area contributed by atoms with E-state index in [1.165, 1.54) is 25.2 Å². The second-order valence-electron chi connectivity index (χ2n) is 6.69. The molecule has 1 aliphatic rings. The molecule has 1 atom stereocenters. The van der Waals surface area contributed by atoms with E-state index in [9.17, 15) is 14.0 Å². The number of amides is 3. The molecule has 3 amide bonds. The number of carbonyl (C=O) groups excluding carboxylic acids is 2. The predicted octanol–water partition coefficient (Wildman–Crippen LogP) is 3.95. The van der Waals surface area contributed by atoms with E-state index in [1.54, 1.807) is 12.0 Å². The topological polar surface area (TPSA) is 70.7 Å². The maximum absolute atomic E-state index is 13.9. The number of hydrogen-bond donors (Lipinski definition) is 2. The summed E-state index contributed by atoms with van der Waals surface area (Å²) in [5.74, 6) is -0.428. The normalized spacial score (nSPS) is 16.4. The van der Waals surface area contributed by atoms with Gasteiger partial charge in [0, 0.05) is 19.3 Å². The van der Waals surface area contributed by atoms with Crippen LogP contribution in [0.1, 0.15) is 41.2 Å². The molecule has 3 rings (SSSR count). The summed E-state index contributed by atoms with van der Waals surface area (Å²) in [5.41, 5.74) is 1.28. The summed E-state index contributed by atoms with van der Waals surface area (Å²) in [6.07, 6.45) is 2.80. The molecule has 7 heteroatoms. The van der Waals surface area contributed by atoms with Crippen LogP contribution >= 0.6 is 0 Å². The van der Waals surface area contributed by atoms with Crippen LogP contribution in [0.3, 0.4) is 0 Å². The third-order valence-corrected chi connectivity index (χ3v) is 4.93. The second-order valence-corrected chi connectivity index (χ2v) is 6.69. The first kappa shape index (κ1) is 19.7. The van der Waals surface area contributed by atoms with Crippen molar-refractivity contribution in [3.05, 3.63) is 59.4 Å². The number of carbonyl (C=O) groups is 2. The molecule has 0 radical (unpaired) electrons. The summed E-state index contributed by atoms with van der Waals surface area (Å²) in [7, 11) is 3.04. The van der Waals surface area contributed by atoms with Gasteiger partial charge in [-0.2, -0.15) is 0 Å². The summed E-state index contributed by atoms with van der Waals surface area (Å²) < 4.78 is 19.2. The Kier molecular flexibility index (Phi) is 6.13. The maximum Gasteiger partial charge on any atom is 0.322 e. The Bertz CT molecular complexity index is 872. The Labute approximate surface area is 163 Å². The monoisotopic (exact) mass is 385 g/mol. The molecule has 1 heterocycles. The van der Waals surface area contributed by atoms with E-state index in [-0.39, 0.29) is 17.6 Å². The van der Waals surface area contributed by atoms with Crippen LogP contribution in [0.4, 0.5) is 14.9 Å². The highest BCUT2D eigenvalue weighted by atomic mass is 19.1. The minimum absolute atomic E-state index is 0.0669. The molecule has 0 aliphatic carbocycles. The van der Waals surface area contributed by atoms with E-state index in [2.05, 4.69) is 10.6 Å². The minimum Gasteiger partial charge on any atom is -0.497 e. The first-order chi connectivity index (χ1) is 13.5. The van der Waals surface area contributed by atoms with Gasteiger partial charge in [-0.15, -0.1) is 0 Å². The molecule has 0 saturated carbocycles. The first-order valence-corrected chi connectivity index (χ1v) is 9.26. The van der Waals surface area contributed by atoms with E-state index in [1.807, 2.05) is 24.3 Å². The van der Waals surface area contributed by atoms with Crippen molar-refractivity contribution in [1.82, 2.24) is 10.2 Å². The van der Waals surface area contributed by atoms with Gasteiger partial charge in [-0.1, -0.05) is 12.1 Å². The summed E-state index contributed by atoms with van der Waals surface area (Å²) in [6.45, 7) is 0.622. The van der Waals surface area contributed by atoms with Crippen LogP contribution < -0.4 is 15.4 Å². The Morgan fingerprint density at radius 3 is 2.75 bits per heavy atom. The molecule has 0 aromatic heterocycles. The molecule has 0 bridgehead atoms. The SMILES string of the molecule is CNC(=O)c1cc(NC(=O)N2CCCC[C@@H]2c2cccc(OC)c2)ccc1F. The average molecular weight is 385 g/mol. The lowest BCUT2D eigenvalue weighted by molar-refractivity contribution is 0.0959. The van der Waals surface area contributed by atoms with Crippen LogP contribution in [0.5, 0.6) is 5.75 Å². The van der Waals surface area contributed by atoms with Gasteiger partial charge in [0.15, 0.2) is 0 Å². The smallest absolute Gasteiger partial charge is 0.322 e. The summed E-state index contributed by atoms with van der Waals surface area (Å²) >= 11 is 0. The van der Waals surface area contributed by atoms with Gasteiger partial charge in [0.2, 0.25) is 0 Å². The largest absolute Gasteiger partial charge is 0.497 e. The van der Waals surface area contributed by atoms with Gasteiger partial charge in [-0.25, -0.2) is 9.18 Å². The summed E-state index contributed by atoms with van der Waals surface area (Å²) in [5, 5.41) is 5.19. The Morgan fingerprint density at radius 2 is 2.00 bits per heavy atom. The highest BCUT2D eigenvalue weighted by Gasteiger charge is 2.28. The first-order valence-electron chi connectivity index (χ1n) is 9.26. The Morgan fingerprint density at radius 1 is 1.18 bits per heavy atom. The molecule has 2 aromatic rings. The molecule has 1 fully saturated rings. The van der Waals surface area contributed by atoms with Crippen LogP contribution in [0, 0.1) is 5.82 Å². The Hall–Kier alpha value is -3.09. The molecule has 2 aromatic carbocycles. The van der Waals surface area contributed by atoms with Gasteiger partial charge in [-0.05, 0) is 55.2 Å². The average Bonchev–Trinajstić information content (AvgIpc) is 2.74. The second kappa shape index (κ2) is 8.73. The highest BCUT2D eigenvalue weighted by molar-refractivity contribution is 5.97.